The third-order valence-electron chi connectivity index (χ3n) is 14.8. The van der Waals surface area contributed by atoms with Gasteiger partial charge in [0.25, 0.3) is 0 Å². The summed E-state index contributed by atoms with van der Waals surface area (Å²) in [6.45, 7) is 2.78. The fraction of sp³-hybridized carbons (Fsp3) is 0.852. The zero-order valence-corrected chi connectivity index (χ0v) is 47.0. The molecule has 75 heavy (non-hydrogen) atoms. The molecule has 1 amide bonds. The largest absolute Gasteiger partial charge is 0.394 e. The summed E-state index contributed by atoms with van der Waals surface area (Å²) in [5.74, 6) is -0.251. The molecular formula is C61H111NO13. The molecule has 2 heterocycles. The van der Waals surface area contributed by atoms with Gasteiger partial charge >= 0.3 is 0 Å². The number of aliphatic hydroxyl groups is 8. The first-order valence-electron chi connectivity index (χ1n) is 30.4. The first-order valence-corrected chi connectivity index (χ1v) is 30.4. The van der Waals surface area contributed by atoms with Crippen LogP contribution in [0.25, 0.3) is 0 Å². The number of allylic oxidation sites excluding steroid dienone is 7. The number of unbranched alkanes of at least 4 members (excludes halogenated alkanes) is 29. The number of carbonyl (C=O) groups excluding carboxylic acids is 1. The summed E-state index contributed by atoms with van der Waals surface area (Å²) in [6.07, 6.45) is 41.4. The average molecular weight is 1070 g/mol. The highest BCUT2D eigenvalue weighted by Gasteiger charge is 2.51. The van der Waals surface area contributed by atoms with Crippen molar-refractivity contribution in [2.75, 3.05) is 19.8 Å². The van der Waals surface area contributed by atoms with E-state index >= 15 is 0 Å². The zero-order valence-electron chi connectivity index (χ0n) is 47.0. The lowest BCUT2D eigenvalue weighted by Gasteiger charge is -2.46. The van der Waals surface area contributed by atoms with E-state index in [-0.39, 0.29) is 18.9 Å². The van der Waals surface area contributed by atoms with Crippen molar-refractivity contribution in [3.63, 3.8) is 0 Å². The van der Waals surface area contributed by atoms with Crippen molar-refractivity contribution < 1.29 is 64.6 Å². The number of hydrogen-bond acceptors (Lipinski definition) is 13. The maximum absolute atomic E-state index is 13.3. The fourth-order valence-corrected chi connectivity index (χ4v) is 9.83. The highest BCUT2D eigenvalue weighted by molar-refractivity contribution is 5.76. The number of hydrogen-bond donors (Lipinski definition) is 9. The van der Waals surface area contributed by atoms with Crippen LogP contribution in [-0.2, 0) is 23.7 Å². The Kier molecular flexibility index (Phi) is 43.1. The van der Waals surface area contributed by atoms with Crippen LogP contribution in [0.5, 0.6) is 0 Å². The second-order valence-corrected chi connectivity index (χ2v) is 21.5. The van der Waals surface area contributed by atoms with Crippen molar-refractivity contribution in [1.82, 2.24) is 5.32 Å². The number of carbonyl (C=O) groups is 1. The number of ether oxygens (including phenoxy) is 4. The molecule has 0 spiro atoms. The fourth-order valence-electron chi connectivity index (χ4n) is 9.83. The van der Waals surface area contributed by atoms with Crippen LogP contribution in [0.15, 0.2) is 48.6 Å². The third kappa shape index (κ3) is 32.6. The summed E-state index contributed by atoms with van der Waals surface area (Å²) in [7, 11) is 0. The topological polar surface area (TPSA) is 228 Å². The molecule has 2 fully saturated rings. The monoisotopic (exact) mass is 1070 g/mol. The van der Waals surface area contributed by atoms with Gasteiger partial charge in [-0.05, 0) is 57.8 Å². The number of rotatable bonds is 48. The van der Waals surface area contributed by atoms with Gasteiger partial charge in [-0.3, -0.25) is 4.79 Å². The maximum atomic E-state index is 13.3. The lowest BCUT2D eigenvalue weighted by atomic mass is 9.97. The molecule has 2 aliphatic heterocycles. The van der Waals surface area contributed by atoms with E-state index in [0.29, 0.717) is 6.42 Å². The first-order chi connectivity index (χ1) is 36.6. The van der Waals surface area contributed by atoms with Crippen molar-refractivity contribution in [3.05, 3.63) is 48.6 Å². The van der Waals surface area contributed by atoms with Crippen LogP contribution in [-0.4, -0.2) is 140 Å². The minimum absolute atomic E-state index is 0.251. The van der Waals surface area contributed by atoms with Gasteiger partial charge in [-0.1, -0.05) is 223 Å². The first kappa shape index (κ1) is 69.1. The number of nitrogens with one attached hydrogen (secondary N) is 1. The summed E-state index contributed by atoms with van der Waals surface area (Å²) >= 11 is 0. The highest BCUT2D eigenvalue weighted by atomic mass is 16.7. The van der Waals surface area contributed by atoms with Crippen molar-refractivity contribution in [2.24, 2.45) is 0 Å². The second-order valence-electron chi connectivity index (χ2n) is 21.5. The van der Waals surface area contributed by atoms with Gasteiger partial charge in [0.1, 0.15) is 48.8 Å². The second kappa shape index (κ2) is 46.8. The molecular weight excluding hydrogens is 955 g/mol. The SMILES string of the molecule is CCCCC/C=C\C/C=C\C/C=C\CCCCCCCCC(=O)NC(COC1OC(CO)C(OC2OC(CO)C(O)C(O)C2O)C(O)C1O)C(O)/C=C/CCCCCCCCCCCCCCCCCCCCCC. The molecule has 2 saturated heterocycles. The van der Waals surface area contributed by atoms with Gasteiger partial charge in [-0.2, -0.15) is 0 Å². The van der Waals surface area contributed by atoms with Gasteiger partial charge in [0, 0.05) is 6.42 Å². The van der Waals surface area contributed by atoms with E-state index in [1.54, 1.807) is 6.08 Å². The maximum Gasteiger partial charge on any atom is 0.220 e. The minimum atomic E-state index is -1.79. The molecule has 0 aliphatic carbocycles. The van der Waals surface area contributed by atoms with E-state index in [9.17, 15) is 45.6 Å². The van der Waals surface area contributed by atoms with Gasteiger partial charge in [0.15, 0.2) is 12.6 Å². The predicted octanol–water partition coefficient (Wildman–Crippen LogP) is 10.4. The molecule has 9 N–H and O–H groups in total. The summed E-state index contributed by atoms with van der Waals surface area (Å²) < 4.78 is 22.8. The van der Waals surface area contributed by atoms with Crippen LogP contribution < -0.4 is 5.32 Å². The predicted molar refractivity (Wildman–Crippen MR) is 300 cm³/mol. The smallest absolute Gasteiger partial charge is 0.220 e. The normalized spacial score (nSPS) is 25.4. The Morgan fingerprint density at radius 1 is 0.480 bits per heavy atom. The van der Waals surface area contributed by atoms with E-state index < -0.39 is 86.8 Å². The lowest BCUT2D eigenvalue weighted by molar-refractivity contribution is -0.359. The third-order valence-corrected chi connectivity index (χ3v) is 14.8. The van der Waals surface area contributed by atoms with Gasteiger partial charge in [0.2, 0.25) is 5.91 Å². The minimum Gasteiger partial charge on any atom is -0.394 e. The number of amides is 1. The molecule has 0 saturated carbocycles. The Labute approximate surface area is 454 Å². The molecule has 2 rings (SSSR count). The molecule has 2 aliphatic rings. The van der Waals surface area contributed by atoms with Crippen LogP contribution >= 0.6 is 0 Å². The van der Waals surface area contributed by atoms with E-state index in [2.05, 4.69) is 55.6 Å². The molecule has 438 valence electrons. The Bertz CT molecular complexity index is 1440. The zero-order chi connectivity index (χ0) is 54.6. The average Bonchev–Trinajstić information content (AvgIpc) is 3.41. The Morgan fingerprint density at radius 2 is 0.880 bits per heavy atom. The molecule has 0 bridgehead atoms. The quantitative estimate of drug-likeness (QED) is 0.0204. The summed E-state index contributed by atoms with van der Waals surface area (Å²) in [5.41, 5.74) is 0. The van der Waals surface area contributed by atoms with E-state index in [1.807, 2.05) is 6.08 Å². The van der Waals surface area contributed by atoms with Gasteiger partial charge in [0.05, 0.1) is 32.0 Å². The number of aliphatic hydroxyl groups excluding tert-OH is 8. The Hall–Kier alpha value is -2.05. The lowest BCUT2D eigenvalue weighted by Crippen LogP contribution is -2.65. The van der Waals surface area contributed by atoms with E-state index in [1.165, 1.54) is 141 Å². The van der Waals surface area contributed by atoms with Crippen LogP contribution in [0.3, 0.4) is 0 Å². The summed E-state index contributed by atoms with van der Waals surface area (Å²) in [5, 5.41) is 87.1. The molecule has 12 atom stereocenters. The van der Waals surface area contributed by atoms with Crippen molar-refractivity contribution in [1.29, 1.82) is 0 Å². The van der Waals surface area contributed by atoms with Crippen LogP contribution in [0.4, 0.5) is 0 Å². The van der Waals surface area contributed by atoms with Crippen LogP contribution in [0, 0.1) is 0 Å². The molecule has 14 heteroatoms. The van der Waals surface area contributed by atoms with Crippen LogP contribution in [0.2, 0.25) is 0 Å². The summed E-state index contributed by atoms with van der Waals surface area (Å²) in [4.78, 5) is 13.3. The molecule has 0 aromatic heterocycles. The Morgan fingerprint density at radius 3 is 1.37 bits per heavy atom. The molecule has 0 aromatic carbocycles. The molecule has 14 nitrogen and oxygen atoms in total. The van der Waals surface area contributed by atoms with Crippen molar-refractivity contribution in [3.8, 4) is 0 Å². The van der Waals surface area contributed by atoms with E-state index in [0.717, 1.165) is 70.6 Å². The summed E-state index contributed by atoms with van der Waals surface area (Å²) in [6, 6.07) is -0.923. The highest BCUT2D eigenvalue weighted by Crippen LogP contribution is 2.30. The van der Waals surface area contributed by atoms with Crippen LogP contribution in [0.1, 0.15) is 239 Å². The standard InChI is InChI=1S/C61H111NO13/c1-3-5-7-9-11-13-15-17-19-21-23-24-25-27-28-30-32-34-36-38-40-42-44-50(65)49(62-53(66)45-43-41-39-37-35-33-31-29-26-22-20-18-16-14-12-10-8-6-4-2)48-72-60-58(71)56(69)59(52(47-64)74-60)75-61-57(70)55(68)54(67)51(46-63)73-61/h12,14,18,20,26,29,42,44,49-52,54-61,63-65,67-71H,3-11,13,15-17,19,21-25,27-28,30-41,43,45-48H2,1-2H3,(H,62,66)/b14-12-,20-18-,29-26-,44-42+. The van der Waals surface area contributed by atoms with Gasteiger partial charge < -0.3 is 65.1 Å². The Balaban J connectivity index is 1.78. The molecule has 0 radical (unpaired) electrons. The van der Waals surface area contributed by atoms with Crippen molar-refractivity contribution in [2.45, 2.75) is 312 Å². The van der Waals surface area contributed by atoms with E-state index in [4.69, 9.17) is 18.9 Å². The molecule has 0 aromatic rings. The van der Waals surface area contributed by atoms with Gasteiger partial charge in [-0.25, -0.2) is 0 Å². The molecule has 12 unspecified atom stereocenters. The van der Waals surface area contributed by atoms with Crippen molar-refractivity contribution >= 4 is 5.91 Å². The van der Waals surface area contributed by atoms with Gasteiger partial charge in [-0.15, -0.1) is 0 Å².